The molecule has 28 heavy (non-hydrogen) atoms. The third-order valence-electron chi connectivity index (χ3n) is 3.70. The van der Waals surface area contributed by atoms with E-state index in [-0.39, 0.29) is 5.16 Å². The first-order chi connectivity index (χ1) is 13.2. The zero-order valence-electron chi connectivity index (χ0n) is 14.4. The van der Waals surface area contributed by atoms with Crippen LogP contribution in [0.25, 0.3) is 0 Å². The van der Waals surface area contributed by atoms with Crippen molar-refractivity contribution in [2.45, 2.75) is 24.0 Å². The van der Waals surface area contributed by atoms with Gasteiger partial charge in [-0.05, 0) is 30.2 Å². The SMILES string of the molecule is Cc1ccccc1CSc1nc(Oc2ccc(F)cc2F)cc(C(F)(F)F)n1. The molecule has 9 heteroatoms. The molecular weight excluding hydrogens is 399 g/mol. The van der Waals surface area contributed by atoms with Gasteiger partial charge < -0.3 is 4.74 Å². The minimum atomic E-state index is -4.74. The summed E-state index contributed by atoms with van der Waals surface area (Å²) in [4.78, 5) is 7.44. The first kappa shape index (κ1) is 20.1. The van der Waals surface area contributed by atoms with Gasteiger partial charge >= 0.3 is 6.18 Å². The third-order valence-corrected chi connectivity index (χ3v) is 4.60. The second-order valence-electron chi connectivity index (χ2n) is 5.76. The molecule has 1 aromatic heterocycles. The van der Waals surface area contributed by atoms with Crippen LogP contribution in [0.2, 0.25) is 0 Å². The van der Waals surface area contributed by atoms with E-state index in [1.807, 2.05) is 31.2 Å². The van der Waals surface area contributed by atoms with Crippen molar-refractivity contribution >= 4 is 11.8 Å². The lowest BCUT2D eigenvalue weighted by Crippen LogP contribution is -2.10. The average Bonchev–Trinajstić information content (AvgIpc) is 2.62. The summed E-state index contributed by atoms with van der Waals surface area (Å²) >= 11 is 0.993. The van der Waals surface area contributed by atoms with Crippen molar-refractivity contribution in [1.29, 1.82) is 0 Å². The number of nitrogens with zero attached hydrogens (tertiary/aromatic N) is 2. The fourth-order valence-corrected chi connectivity index (χ4v) is 3.18. The zero-order valence-corrected chi connectivity index (χ0v) is 15.2. The molecule has 0 aliphatic carbocycles. The van der Waals surface area contributed by atoms with Crippen LogP contribution < -0.4 is 4.74 Å². The highest BCUT2D eigenvalue weighted by atomic mass is 32.2. The van der Waals surface area contributed by atoms with Crippen molar-refractivity contribution in [2.24, 2.45) is 0 Å². The molecule has 0 spiro atoms. The summed E-state index contributed by atoms with van der Waals surface area (Å²) in [6, 6.07) is 10.4. The number of thioether (sulfide) groups is 1. The van der Waals surface area contributed by atoms with Gasteiger partial charge in [-0.2, -0.15) is 18.2 Å². The lowest BCUT2D eigenvalue weighted by Gasteiger charge is -2.12. The molecule has 0 saturated carbocycles. The third kappa shape index (κ3) is 4.98. The van der Waals surface area contributed by atoms with E-state index in [0.717, 1.165) is 35.0 Å². The van der Waals surface area contributed by atoms with E-state index in [4.69, 9.17) is 4.74 Å². The van der Waals surface area contributed by atoms with Crippen LogP contribution in [0.5, 0.6) is 11.6 Å². The standard InChI is InChI=1S/C19H13F5N2OS/c1-11-4-2-3-5-12(11)10-28-18-25-16(19(22,23)24)9-17(26-18)27-15-7-6-13(20)8-14(15)21/h2-9H,10H2,1H3. The molecule has 0 bridgehead atoms. The smallest absolute Gasteiger partial charge is 0.433 e. The average molecular weight is 412 g/mol. The monoisotopic (exact) mass is 412 g/mol. The largest absolute Gasteiger partial charge is 0.436 e. The van der Waals surface area contributed by atoms with Crippen LogP contribution in [0.15, 0.2) is 53.7 Å². The number of aromatic nitrogens is 2. The summed E-state index contributed by atoms with van der Waals surface area (Å²) in [5.74, 6) is -2.47. The Balaban J connectivity index is 1.89. The van der Waals surface area contributed by atoms with Gasteiger partial charge in [-0.1, -0.05) is 36.0 Å². The Labute approximate surface area is 161 Å². The lowest BCUT2D eigenvalue weighted by atomic mass is 10.1. The van der Waals surface area contributed by atoms with Crippen molar-refractivity contribution in [3.05, 3.63) is 77.0 Å². The molecule has 2 aromatic carbocycles. The van der Waals surface area contributed by atoms with E-state index < -0.39 is 35.1 Å². The molecule has 0 saturated heterocycles. The topological polar surface area (TPSA) is 35.0 Å². The van der Waals surface area contributed by atoms with Gasteiger partial charge in [0.25, 0.3) is 0 Å². The summed E-state index contributed by atoms with van der Waals surface area (Å²) in [5.41, 5.74) is 0.680. The summed E-state index contributed by atoms with van der Waals surface area (Å²) in [6.07, 6.45) is -4.74. The predicted octanol–water partition coefficient (Wildman–Crippen LogP) is 6.17. The fraction of sp³-hybridized carbons (Fsp3) is 0.158. The van der Waals surface area contributed by atoms with Crippen LogP contribution in [0.1, 0.15) is 16.8 Å². The van der Waals surface area contributed by atoms with Crippen LogP contribution in [-0.2, 0) is 11.9 Å². The highest BCUT2D eigenvalue weighted by molar-refractivity contribution is 7.98. The molecule has 0 aliphatic rings. The molecule has 1 heterocycles. The van der Waals surface area contributed by atoms with E-state index in [9.17, 15) is 22.0 Å². The Morgan fingerprint density at radius 3 is 2.43 bits per heavy atom. The minimum absolute atomic E-state index is 0.171. The number of rotatable bonds is 5. The Hall–Kier alpha value is -2.68. The predicted molar refractivity (Wildman–Crippen MR) is 94.2 cm³/mol. The Morgan fingerprint density at radius 2 is 1.75 bits per heavy atom. The normalized spacial score (nSPS) is 11.5. The number of aryl methyl sites for hydroxylation is 1. The number of hydrogen-bond donors (Lipinski definition) is 0. The maximum Gasteiger partial charge on any atom is 0.433 e. The van der Waals surface area contributed by atoms with E-state index >= 15 is 0 Å². The van der Waals surface area contributed by atoms with Crippen LogP contribution in [0.4, 0.5) is 22.0 Å². The summed E-state index contributed by atoms with van der Waals surface area (Å²) in [7, 11) is 0. The van der Waals surface area contributed by atoms with Gasteiger partial charge in [0.05, 0.1) is 0 Å². The first-order valence-electron chi connectivity index (χ1n) is 7.99. The molecule has 0 aliphatic heterocycles. The highest BCUT2D eigenvalue weighted by Gasteiger charge is 2.34. The second-order valence-corrected chi connectivity index (χ2v) is 6.71. The second kappa shape index (κ2) is 8.14. The minimum Gasteiger partial charge on any atom is -0.436 e. The van der Waals surface area contributed by atoms with Crippen LogP contribution in [-0.4, -0.2) is 9.97 Å². The summed E-state index contributed by atoms with van der Waals surface area (Å²) in [6.45, 7) is 1.88. The molecule has 0 amide bonds. The molecular formula is C19H13F5N2OS. The van der Waals surface area contributed by atoms with E-state index in [1.165, 1.54) is 0 Å². The van der Waals surface area contributed by atoms with E-state index in [2.05, 4.69) is 9.97 Å². The van der Waals surface area contributed by atoms with E-state index in [1.54, 1.807) is 0 Å². The highest BCUT2D eigenvalue weighted by Crippen LogP contribution is 2.34. The van der Waals surface area contributed by atoms with Gasteiger partial charge in [-0.15, -0.1) is 0 Å². The van der Waals surface area contributed by atoms with Gasteiger partial charge in [0, 0.05) is 17.9 Å². The number of hydrogen-bond acceptors (Lipinski definition) is 4. The number of benzene rings is 2. The van der Waals surface area contributed by atoms with Gasteiger partial charge in [-0.3, -0.25) is 0 Å². The maximum absolute atomic E-state index is 13.7. The number of alkyl halides is 3. The van der Waals surface area contributed by atoms with Crippen molar-refractivity contribution in [2.75, 3.05) is 0 Å². The quantitative estimate of drug-likeness (QED) is 0.285. The number of ether oxygens (including phenoxy) is 1. The number of halogens is 5. The van der Waals surface area contributed by atoms with Crippen LogP contribution in [0, 0.1) is 18.6 Å². The van der Waals surface area contributed by atoms with Crippen LogP contribution >= 0.6 is 11.8 Å². The zero-order chi connectivity index (χ0) is 20.3. The Kier molecular flexibility index (Phi) is 5.83. The summed E-state index contributed by atoms with van der Waals surface area (Å²) in [5, 5.41) is -0.171. The molecule has 3 aromatic rings. The maximum atomic E-state index is 13.7. The Bertz CT molecular complexity index is 994. The summed E-state index contributed by atoms with van der Waals surface area (Å²) < 4.78 is 71.4. The Morgan fingerprint density at radius 1 is 1.00 bits per heavy atom. The van der Waals surface area contributed by atoms with Crippen molar-refractivity contribution in [3.63, 3.8) is 0 Å². The molecule has 0 unspecified atom stereocenters. The van der Waals surface area contributed by atoms with Gasteiger partial charge in [0.15, 0.2) is 22.4 Å². The molecule has 0 atom stereocenters. The van der Waals surface area contributed by atoms with Crippen molar-refractivity contribution in [1.82, 2.24) is 9.97 Å². The van der Waals surface area contributed by atoms with Crippen molar-refractivity contribution < 1.29 is 26.7 Å². The molecule has 0 fully saturated rings. The molecule has 0 N–H and O–H groups in total. The lowest BCUT2D eigenvalue weighted by molar-refractivity contribution is -0.141. The van der Waals surface area contributed by atoms with Crippen LogP contribution in [0.3, 0.4) is 0 Å². The van der Waals surface area contributed by atoms with E-state index in [0.29, 0.717) is 17.9 Å². The molecule has 0 radical (unpaired) electrons. The van der Waals surface area contributed by atoms with Gasteiger partial charge in [-0.25, -0.2) is 13.8 Å². The van der Waals surface area contributed by atoms with Gasteiger partial charge in [0.2, 0.25) is 5.88 Å². The molecule has 3 nitrogen and oxygen atoms in total. The van der Waals surface area contributed by atoms with Crippen molar-refractivity contribution in [3.8, 4) is 11.6 Å². The first-order valence-corrected chi connectivity index (χ1v) is 8.97. The fourth-order valence-electron chi connectivity index (χ4n) is 2.25. The molecule has 146 valence electrons. The molecule has 3 rings (SSSR count). The van der Waals surface area contributed by atoms with Gasteiger partial charge in [0.1, 0.15) is 5.82 Å².